The molecule has 2 heterocycles. The van der Waals surface area contributed by atoms with Gasteiger partial charge in [0, 0.05) is 12.4 Å². The van der Waals surface area contributed by atoms with E-state index in [-0.39, 0.29) is 0 Å². The number of aromatic nitrogens is 3. The van der Waals surface area contributed by atoms with Crippen LogP contribution in [0.4, 0.5) is 5.69 Å². The summed E-state index contributed by atoms with van der Waals surface area (Å²) >= 11 is 1.49. The molecule has 0 aliphatic heterocycles. The first-order chi connectivity index (χ1) is 13.8. The molecule has 0 saturated carbocycles. The van der Waals surface area contributed by atoms with Gasteiger partial charge in [0.15, 0.2) is 6.10 Å². The number of amides is 1. The van der Waals surface area contributed by atoms with Crippen molar-refractivity contribution in [3.05, 3.63) is 57.8 Å². The van der Waals surface area contributed by atoms with E-state index in [0.29, 0.717) is 29.3 Å². The second-order valence-corrected chi connectivity index (χ2v) is 7.22. The Labute approximate surface area is 172 Å². The SMILES string of the molecule is Cc1nn(C)c(C)c1NC(=O)C(C)OC(=O)c1cccc(OCc2cscn2)c1. The van der Waals surface area contributed by atoms with Crippen LogP contribution in [0.3, 0.4) is 0 Å². The van der Waals surface area contributed by atoms with Crippen LogP contribution in [0.15, 0.2) is 35.2 Å². The summed E-state index contributed by atoms with van der Waals surface area (Å²) in [6.07, 6.45) is -0.971. The number of hydrogen-bond acceptors (Lipinski definition) is 7. The molecule has 0 bridgehead atoms. The van der Waals surface area contributed by atoms with Gasteiger partial charge in [0.2, 0.25) is 0 Å². The molecule has 1 atom stereocenters. The molecule has 2 aromatic heterocycles. The van der Waals surface area contributed by atoms with Gasteiger partial charge in [0.05, 0.1) is 33.8 Å². The van der Waals surface area contributed by atoms with Gasteiger partial charge in [0.1, 0.15) is 12.4 Å². The van der Waals surface area contributed by atoms with E-state index in [9.17, 15) is 9.59 Å². The highest BCUT2D eigenvalue weighted by atomic mass is 32.1. The van der Waals surface area contributed by atoms with Gasteiger partial charge in [-0.3, -0.25) is 9.48 Å². The Morgan fingerprint density at radius 3 is 2.76 bits per heavy atom. The summed E-state index contributed by atoms with van der Waals surface area (Å²) in [4.78, 5) is 29.0. The average Bonchev–Trinajstić information content (AvgIpc) is 3.30. The van der Waals surface area contributed by atoms with E-state index < -0.39 is 18.0 Å². The normalized spacial score (nSPS) is 11.7. The molecule has 29 heavy (non-hydrogen) atoms. The van der Waals surface area contributed by atoms with Gasteiger partial charge in [-0.1, -0.05) is 6.07 Å². The first kappa shape index (κ1) is 20.5. The highest BCUT2D eigenvalue weighted by Gasteiger charge is 2.21. The lowest BCUT2D eigenvalue weighted by Crippen LogP contribution is -2.30. The number of hydrogen-bond donors (Lipinski definition) is 1. The fraction of sp³-hybridized carbons (Fsp3) is 0.300. The molecule has 1 aromatic carbocycles. The first-order valence-corrected chi connectivity index (χ1v) is 9.91. The number of thiazole rings is 1. The molecule has 8 nitrogen and oxygen atoms in total. The Morgan fingerprint density at radius 1 is 1.31 bits per heavy atom. The summed E-state index contributed by atoms with van der Waals surface area (Å²) in [5.41, 5.74) is 4.98. The van der Waals surface area contributed by atoms with Crippen molar-refractivity contribution in [2.45, 2.75) is 33.5 Å². The topological polar surface area (TPSA) is 95.3 Å². The molecule has 0 aliphatic carbocycles. The predicted octanol–water partition coefficient (Wildman–Crippen LogP) is 3.26. The Kier molecular flexibility index (Phi) is 6.28. The number of nitrogens with one attached hydrogen (secondary N) is 1. The van der Waals surface area contributed by atoms with E-state index in [4.69, 9.17) is 9.47 Å². The largest absolute Gasteiger partial charge is 0.487 e. The van der Waals surface area contributed by atoms with Crippen molar-refractivity contribution in [2.24, 2.45) is 7.05 Å². The second kappa shape index (κ2) is 8.87. The maximum atomic E-state index is 12.5. The Balaban J connectivity index is 1.60. The lowest BCUT2D eigenvalue weighted by atomic mass is 10.2. The number of benzene rings is 1. The van der Waals surface area contributed by atoms with Crippen molar-refractivity contribution in [1.29, 1.82) is 0 Å². The van der Waals surface area contributed by atoms with Crippen LogP contribution in [0.1, 0.15) is 34.4 Å². The summed E-state index contributed by atoms with van der Waals surface area (Å²) < 4.78 is 12.6. The van der Waals surface area contributed by atoms with Gasteiger partial charge in [0.25, 0.3) is 5.91 Å². The average molecular weight is 414 g/mol. The third-order valence-electron chi connectivity index (χ3n) is 4.35. The minimum atomic E-state index is -0.971. The van der Waals surface area contributed by atoms with Crippen molar-refractivity contribution in [1.82, 2.24) is 14.8 Å². The molecule has 1 N–H and O–H groups in total. The van der Waals surface area contributed by atoms with Gasteiger partial charge < -0.3 is 14.8 Å². The summed E-state index contributed by atoms with van der Waals surface area (Å²) in [6.45, 7) is 5.49. The number of nitrogens with zero attached hydrogens (tertiary/aromatic N) is 3. The third kappa shape index (κ3) is 5.00. The molecular formula is C20H22N4O4S. The second-order valence-electron chi connectivity index (χ2n) is 6.50. The van der Waals surface area contributed by atoms with Crippen molar-refractivity contribution >= 4 is 28.9 Å². The van der Waals surface area contributed by atoms with Crippen LogP contribution in [-0.4, -0.2) is 32.7 Å². The molecule has 3 aromatic rings. The molecule has 0 fully saturated rings. The standard InChI is InChI=1S/C20H22N4O4S/c1-12-18(13(2)24(4)23-12)22-19(25)14(3)28-20(26)15-6-5-7-17(8-15)27-9-16-10-29-11-21-16/h5-8,10-11,14H,9H2,1-4H3,(H,22,25). The molecule has 1 unspecified atom stereocenters. The van der Waals surface area contributed by atoms with Crippen LogP contribution in [0, 0.1) is 13.8 Å². The van der Waals surface area contributed by atoms with Crippen LogP contribution in [-0.2, 0) is 23.2 Å². The summed E-state index contributed by atoms with van der Waals surface area (Å²) in [5.74, 6) is -0.508. The van der Waals surface area contributed by atoms with E-state index in [2.05, 4.69) is 15.4 Å². The van der Waals surface area contributed by atoms with E-state index in [1.54, 1.807) is 48.4 Å². The minimum absolute atomic E-state index is 0.300. The molecule has 1 amide bonds. The molecular weight excluding hydrogens is 392 g/mol. The maximum absolute atomic E-state index is 12.5. The quantitative estimate of drug-likeness (QED) is 0.596. The zero-order valence-electron chi connectivity index (χ0n) is 16.6. The van der Waals surface area contributed by atoms with Gasteiger partial charge in [-0.05, 0) is 39.0 Å². The molecule has 0 radical (unpaired) electrons. The fourth-order valence-corrected chi connectivity index (χ4v) is 3.18. The lowest BCUT2D eigenvalue weighted by molar-refractivity contribution is -0.123. The number of ether oxygens (including phenoxy) is 2. The Hall–Kier alpha value is -3.20. The van der Waals surface area contributed by atoms with Crippen LogP contribution in [0.5, 0.6) is 5.75 Å². The van der Waals surface area contributed by atoms with Crippen LogP contribution in [0.2, 0.25) is 0 Å². The smallest absolute Gasteiger partial charge is 0.339 e. The van der Waals surface area contributed by atoms with Crippen LogP contribution in [0.25, 0.3) is 0 Å². The van der Waals surface area contributed by atoms with Crippen molar-refractivity contribution in [2.75, 3.05) is 5.32 Å². The van der Waals surface area contributed by atoms with E-state index in [0.717, 1.165) is 11.4 Å². The Bertz CT molecular complexity index is 1010. The Morgan fingerprint density at radius 2 is 2.10 bits per heavy atom. The highest BCUT2D eigenvalue weighted by molar-refractivity contribution is 7.07. The van der Waals surface area contributed by atoms with Gasteiger partial charge in [-0.25, -0.2) is 9.78 Å². The minimum Gasteiger partial charge on any atom is -0.487 e. The lowest BCUT2D eigenvalue weighted by Gasteiger charge is -2.14. The molecule has 0 saturated heterocycles. The summed E-state index contributed by atoms with van der Waals surface area (Å²) in [6, 6.07) is 6.63. The zero-order valence-corrected chi connectivity index (χ0v) is 17.4. The predicted molar refractivity (Wildman–Crippen MR) is 109 cm³/mol. The van der Waals surface area contributed by atoms with Crippen LogP contribution < -0.4 is 10.1 Å². The van der Waals surface area contributed by atoms with Crippen molar-refractivity contribution in [3.63, 3.8) is 0 Å². The van der Waals surface area contributed by atoms with E-state index in [1.807, 2.05) is 12.3 Å². The van der Waals surface area contributed by atoms with Crippen LogP contribution >= 0.6 is 11.3 Å². The van der Waals surface area contributed by atoms with E-state index >= 15 is 0 Å². The monoisotopic (exact) mass is 414 g/mol. The number of aryl methyl sites for hydroxylation is 2. The first-order valence-electron chi connectivity index (χ1n) is 8.97. The molecule has 9 heteroatoms. The number of carbonyl (C=O) groups is 2. The van der Waals surface area contributed by atoms with Crippen molar-refractivity contribution in [3.8, 4) is 5.75 Å². The number of anilines is 1. The molecule has 0 aliphatic rings. The number of esters is 1. The zero-order chi connectivity index (χ0) is 21.0. The summed E-state index contributed by atoms with van der Waals surface area (Å²) in [7, 11) is 1.80. The third-order valence-corrected chi connectivity index (χ3v) is 4.99. The molecule has 3 rings (SSSR count). The van der Waals surface area contributed by atoms with E-state index in [1.165, 1.54) is 18.3 Å². The highest BCUT2D eigenvalue weighted by Crippen LogP contribution is 2.20. The van der Waals surface area contributed by atoms with Crippen molar-refractivity contribution < 1.29 is 19.1 Å². The van der Waals surface area contributed by atoms with Gasteiger partial charge in [-0.2, -0.15) is 5.10 Å². The van der Waals surface area contributed by atoms with Gasteiger partial charge in [-0.15, -0.1) is 11.3 Å². The van der Waals surface area contributed by atoms with Gasteiger partial charge >= 0.3 is 5.97 Å². The molecule has 0 spiro atoms. The number of carbonyl (C=O) groups excluding carboxylic acids is 2. The summed E-state index contributed by atoms with van der Waals surface area (Å²) in [5, 5.41) is 8.92. The maximum Gasteiger partial charge on any atom is 0.339 e. The number of rotatable bonds is 7. The fourth-order valence-electron chi connectivity index (χ4n) is 2.64. The molecule has 152 valence electrons.